The number of sulfonamides is 1. The maximum atomic E-state index is 12.4. The van der Waals surface area contributed by atoms with Gasteiger partial charge >= 0.3 is 0 Å². The number of aromatic nitrogens is 2. The van der Waals surface area contributed by atoms with E-state index in [1.807, 2.05) is 30.3 Å². The molecule has 3 aromatic rings. The molecule has 0 unspecified atom stereocenters. The van der Waals surface area contributed by atoms with Crippen LogP contribution in [0.25, 0.3) is 11.5 Å². The van der Waals surface area contributed by atoms with E-state index in [9.17, 15) is 8.42 Å². The maximum absolute atomic E-state index is 12.4. The first-order chi connectivity index (χ1) is 16.6. The smallest absolute Gasteiger partial charge is 0.247 e. The van der Waals surface area contributed by atoms with E-state index in [1.54, 1.807) is 36.0 Å². The predicted molar refractivity (Wildman–Crippen MR) is 136 cm³/mol. The first kappa shape index (κ1) is 24.6. The maximum Gasteiger partial charge on any atom is 0.247 e. The molecule has 0 spiro atoms. The Morgan fingerprint density at radius 1 is 1.00 bits per heavy atom. The van der Waals surface area contributed by atoms with E-state index < -0.39 is 10.0 Å². The minimum Gasteiger partial charge on any atom is -0.493 e. The van der Waals surface area contributed by atoms with Crippen LogP contribution in [0.2, 0.25) is 0 Å². The predicted octanol–water partition coefficient (Wildman–Crippen LogP) is 4.28. The van der Waals surface area contributed by atoms with Crippen molar-refractivity contribution >= 4 is 27.5 Å². The van der Waals surface area contributed by atoms with Crippen LogP contribution in [0.4, 0.5) is 5.69 Å². The lowest BCUT2D eigenvalue weighted by atomic mass is 10.1. The molecule has 0 atom stereocenters. The van der Waals surface area contributed by atoms with Crippen molar-refractivity contribution in [2.75, 3.05) is 42.5 Å². The van der Waals surface area contributed by atoms with Crippen molar-refractivity contribution in [3.63, 3.8) is 0 Å². The molecule has 0 aliphatic carbocycles. The quantitative estimate of drug-likeness (QED) is 0.367. The van der Waals surface area contributed by atoms with E-state index in [-0.39, 0.29) is 5.75 Å². The summed E-state index contributed by atoms with van der Waals surface area (Å²) in [5, 5.41) is 8.22. The number of thioether (sulfide) groups is 1. The number of para-hydroxylation sites is 1. The molecule has 1 aliphatic rings. The summed E-state index contributed by atoms with van der Waals surface area (Å²) in [6.45, 7) is 3.13. The molecule has 2 heterocycles. The molecule has 34 heavy (non-hydrogen) atoms. The van der Waals surface area contributed by atoms with Gasteiger partial charge in [-0.1, -0.05) is 24.6 Å². The highest BCUT2D eigenvalue weighted by molar-refractivity contribution is 7.98. The number of anilines is 1. The van der Waals surface area contributed by atoms with Crippen molar-refractivity contribution in [3.05, 3.63) is 60.5 Å². The normalized spacial score (nSPS) is 14.7. The van der Waals surface area contributed by atoms with Crippen molar-refractivity contribution in [1.29, 1.82) is 0 Å². The topological polar surface area (TPSA) is 97.6 Å². The molecule has 182 valence electrons. The number of hydrogen-bond acceptors (Lipinski definition) is 8. The van der Waals surface area contributed by atoms with Gasteiger partial charge < -0.3 is 14.1 Å². The molecule has 8 nitrogen and oxygen atoms in total. The molecule has 0 amide bonds. The summed E-state index contributed by atoms with van der Waals surface area (Å²) >= 11 is 1.66. The van der Waals surface area contributed by atoms with Gasteiger partial charge in [0, 0.05) is 23.5 Å². The number of rotatable bonds is 12. The van der Waals surface area contributed by atoms with Gasteiger partial charge in [0.1, 0.15) is 5.75 Å². The minimum absolute atomic E-state index is 0.0931. The molecular formula is C24H30N4O4S2. The van der Waals surface area contributed by atoms with Crippen LogP contribution in [0.5, 0.6) is 5.75 Å². The molecule has 0 radical (unpaired) electrons. The molecule has 10 heteroatoms. The lowest BCUT2D eigenvalue weighted by Gasteiger charge is -2.26. The second kappa shape index (κ2) is 12.2. The van der Waals surface area contributed by atoms with Crippen molar-refractivity contribution in [2.45, 2.75) is 25.0 Å². The van der Waals surface area contributed by atoms with E-state index in [2.05, 4.69) is 19.8 Å². The number of likely N-dealkylation sites (tertiary alicyclic amines) is 1. The van der Waals surface area contributed by atoms with Gasteiger partial charge in [0.15, 0.2) is 0 Å². The Kier molecular flexibility index (Phi) is 8.84. The van der Waals surface area contributed by atoms with Gasteiger partial charge in [-0.2, -0.15) is 0 Å². The molecule has 1 saturated heterocycles. The van der Waals surface area contributed by atoms with Crippen LogP contribution in [0.3, 0.4) is 0 Å². The van der Waals surface area contributed by atoms with E-state index in [0.29, 0.717) is 36.4 Å². The zero-order valence-electron chi connectivity index (χ0n) is 19.1. The third-order valence-corrected chi connectivity index (χ3v) is 7.64. The van der Waals surface area contributed by atoms with Crippen LogP contribution in [0, 0.1) is 0 Å². The summed E-state index contributed by atoms with van der Waals surface area (Å²) < 4.78 is 39.0. The van der Waals surface area contributed by atoms with Crippen molar-refractivity contribution in [1.82, 2.24) is 15.1 Å². The van der Waals surface area contributed by atoms with Gasteiger partial charge in [-0.25, -0.2) is 8.42 Å². The standard InChI is InChI=1S/C24H30N4O4S2/c29-34(30,18-15-28-13-5-2-6-14-28)27-21-11-9-20(10-12-21)24-26-25-23(32-24)19-33-17-16-31-22-7-3-1-4-8-22/h1,3-4,7-12,27H,2,5-6,13-19H2. The number of benzene rings is 2. The fourth-order valence-electron chi connectivity index (χ4n) is 3.67. The average Bonchev–Trinajstić information content (AvgIpc) is 3.33. The lowest BCUT2D eigenvalue weighted by Crippen LogP contribution is -2.35. The molecule has 4 rings (SSSR count). The number of nitrogens with zero attached hydrogens (tertiary/aromatic N) is 3. The van der Waals surface area contributed by atoms with Gasteiger partial charge in [0.05, 0.1) is 18.1 Å². The first-order valence-electron chi connectivity index (χ1n) is 11.5. The number of ether oxygens (including phenoxy) is 1. The highest BCUT2D eigenvalue weighted by Gasteiger charge is 2.16. The average molecular weight is 503 g/mol. The zero-order valence-corrected chi connectivity index (χ0v) is 20.7. The van der Waals surface area contributed by atoms with E-state index in [4.69, 9.17) is 9.15 Å². The summed E-state index contributed by atoms with van der Waals surface area (Å²) in [4.78, 5) is 2.22. The molecular weight excluding hydrogens is 472 g/mol. The summed E-state index contributed by atoms with van der Waals surface area (Å²) in [6.07, 6.45) is 3.53. The molecule has 0 saturated carbocycles. The van der Waals surface area contributed by atoms with Gasteiger partial charge in [-0.05, 0) is 62.3 Å². The summed E-state index contributed by atoms with van der Waals surface area (Å²) in [5.41, 5.74) is 1.27. The third kappa shape index (κ3) is 7.75. The number of hydrogen-bond donors (Lipinski definition) is 1. The van der Waals surface area contributed by atoms with Crippen LogP contribution < -0.4 is 9.46 Å². The van der Waals surface area contributed by atoms with Crippen molar-refractivity contribution in [3.8, 4) is 17.2 Å². The van der Waals surface area contributed by atoms with Crippen molar-refractivity contribution in [2.24, 2.45) is 0 Å². The monoisotopic (exact) mass is 502 g/mol. The highest BCUT2D eigenvalue weighted by atomic mass is 32.2. The van der Waals surface area contributed by atoms with Crippen molar-refractivity contribution < 1.29 is 17.6 Å². The molecule has 1 aromatic heterocycles. The summed E-state index contributed by atoms with van der Waals surface area (Å²) in [6, 6.07) is 16.7. The van der Waals surface area contributed by atoms with E-state index >= 15 is 0 Å². The number of piperidine rings is 1. The zero-order chi connectivity index (χ0) is 23.6. The van der Waals surface area contributed by atoms with Crippen LogP contribution in [-0.2, 0) is 15.8 Å². The van der Waals surface area contributed by atoms with Gasteiger partial charge in [0.25, 0.3) is 0 Å². The van der Waals surface area contributed by atoms with E-state index in [1.165, 1.54) is 6.42 Å². The van der Waals surface area contributed by atoms with Gasteiger partial charge in [-0.3, -0.25) is 4.72 Å². The molecule has 1 fully saturated rings. The van der Waals surface area contributed by atoms with Gasteiger partial charge in [0.2, 0.25) is 21.8 Å². The highest BCUT2D eigenvalue weighted by Crippen LogP contribution is 2.22. The Morgan fingerprint density at radius 2 is 1.76 bits per heavy atom. The van der Waals surface area contributed by atoms with Crippen LogP contribution in [0.1, 0.15) is 25.2 Å². The minimum atomic E-state index is -3.40. The second-order valence-electron chi connectivity index (χ2n) is 8.12. The fourth-order valence-corrected chi connectivity index (χ4v) is 5.40. The molecule has 0 bridgehead atoms. The second-order valence-corrected chi connectivity index (χ2v) is 11.1. The Bertz CT molecular complexity index is 1120. The molecule has 2 aromatic carbocycles. The summed E-state index contributed by atoms with van der Waals surface area (Å²) in [5.74, 6) is 3.31. The first-order valence-corrected chi connectivity index (χ1v) is 14.3. The van der Waals surface area contributed by atoms with Crippen LogP contribution in [0.15, 0.2) is 59.0 Å². The third-order valence-electron chi connectivity index (χ3n) is 5.46. The molecule has 1 N–H and O–H groups in total. The Morgan fingerprint density at radius 3 is 2.53 bits per heavy atom. The van der Waals surface area contributed by atoms with Gasteiger partial charge in [-0.15, -0.1) is 22.0 Å². The Balaban J connectivity index is 1.21. The van der Waals surface area contributed by atoms with Crippen LogP contribution >= 0.6 is 11.8 Å². The largest absolute Gasteiger partial charge is 0.493 e. The fraction of sp³-hybridized carbons (Fsp3) is 0.417. The Hall–Kier alpha value is -2.56. The molecule has 1 aliphatic heterocycles. The Labute approximate surface area is 205 Å². The number of nitrogens with one attached hydrogen (secondary N) is 1. The summed E-state index contributed by atoms with van der Waals surface area (Å²) in [7, 11) is -3.40. The lowest BCUT2D eigenvalue weighted by molar-refractivity contribution is 0.241. The SMILES string of the molecule is O=S(=O)(CCN1CCCCC1)Nc1ccc(-c2nnc(CSCCOc3ccccc3)o2)cc1. The van der Waals surface area contributed by atoms with Crippen LogP contribution in [-0.4, -0.2) is 61.3 Å². The van der Waals surface area contributed by atoms with E-state index in [0.717, 1.165) is 43.0 Å².